The number of carbonyl (C=O) groups excluding carboxylic acids is 2. The highest BCUT2D eigenvalue weighted by Crippen LogP contribution is 2.54. The normalized spacial score (nSPS) is 14.5. The summed E-state index contributed by atoms with van der Waals surface area (Å²) in [5, 5.41) is 2.48. The van der Waals surface area contributed by atoms with Crippen molar-refractivity contribution in [2.45, 2.75) is 311 Å². The van der Waals surface area contributed by atoms with E-state index in [2.05, 4.69) is 368 Å². The molecule has 18 heteroatoms. The third kappa shape index (κ3) is 18.1. The van der Waals surface area contributed by atoms with E-state index in [4.69, 9.17) is 35.4 Å². The van der Waals surface area contributed by atoms with Crippen LogP contribution in [0.2, 0.25) is 145 Å². The van der Waals surface area contributed by atoms with Gasteiger partial charge in [0.25, 0.3) is 66.5 Å². The topological polar surface area (TPSA) is 108 Å². The van der Waals surface area contributed by atoms with Gasteiger partial charge < -0.3 is 35.4 Å². The van der Waals surface area contributed by atoms with Crippen LogP contribution < -0.4 is 35.4 Å². The molecule has 0 unspecified atom stereocenters. The van der Waals surface area contributed by atoms with Gasteiger partial charge in [0.2, 0.25) is 0 Å². The molecular formula is C94H140O10Si8. The molecule has 0 atom stereocenters. The van der Waals surface area contributed by atoms with Gasteiger partial charge in [-0.2, -0.15) is 0 Å². The predicted octanol–water partition coefficient (Wildman–Crippen LogP) is 30.5. The van der Waals surface area contributed by atoms with E-state index in [-0.39, 0.29) is 51.9 Å². The molecule has 112 heavy (non-hydrogen) atoms. The highest BCUT2D eigenvalue weighted by atomic mass is 28.4. The molecule has 0 saturated heterocycles. The first-order valence-corrected chi connectivity index (χ1v) is 64.0. The maximum atomic E-state index is 16.0. The van der Waals surface area contributed by atoms with Gasteiger partial charge in [-0.25, -0.2) is 0 Å². The molecule has 8 aromatic rings. The summed E-state index contributed by atoms with van der Waals surface area (Å²) in [6.07, 6.45) is 0. The van der Waals surface area contributed by atoms with Gasteiger partial charge in [-0.1, -0.05) is 190 Å². The Hall–Kier alpha value is -6.24. The van der Waals surface area contributed by atoms with Crippen LogP contribution in [0, 0.1) is 0 Å². The summed E-state index contributed by atoms with van der Waals surface area (Å²) in [4.78, 5) is 32.0. The average molecular weight is 1650 g/mol. The molecule has 0 fully saturated rings. The van der Waals surface area contributed by atoms with Crippen molar-refractivity contribution in [2.75, 3.05) is 0 Å². The lowest BCUT2D eigenvalue weighted by molar-refractivity contribution is 0.0979. The van der Waals surface area contributed by atoms with E-state index in [1.165, 1.54) is 0 Å². The lowest BCUT2D eigenvalue weighted by atomic mass is 9.80. The number of carbonyl (C=O) groups is 2. The molecular weight excluding hydrogens is 1510 g/mol. The largest absolute Gasteiger partial charge is 0.541 e. The monoisotopic (exact) mass is 1650 g/mol. The number of benzene rings is 8. The van der Waals surface area contributed by atoms with E-state index in [1.807, 2.05) is 24.3 Å². The molecule has 0 aliphatic heterocycles. The maximum Gasteiger partial charge on any atom is 0.250 e. The van der Waals surface area contributed by atoms with Crippen LogP contribution in [0.1, 0.15) is 198 Å². The third-order valence-corrected chi connectivity index (χ3v) is 62.3. The lowest BCUT2D eigenvalue weighted by Crippen LogP contribution is -2.45. The highest BCUT2D eigenvalue weighted by Gasteiger charge is 2.48. The molecule has 0 bridgehead atoms. The minimum Gasteiger partial charge on any atom is -0.541 e. The van der Waals surface area contributed by atoms with Crippen molar-refractivity contribution in [2.24, 2.45) is 0 Å². The Bertz CT molecular complexity index is 4350. The first kappa shape index (κ1) is 89.7. The highest BCUT2D eigenvalue weighted by molar-refractivity contribution is 6.78. The minimum absolute atomic E-state index is 0.0764. The van der Waals surface area contributed by atoms with Gasteiger partial charge >= 0.3 is 0 Å². The molecule has 8 aromatic carbocycles. The van der Waals surface area contributed by atoms with Crippen LogP contribution in [0.5, 0.6) is 46.0 Å². The summed E-state index contributed by atoms with van der Waals surface area (Å²) < 4.78 is 58.6. The Morgan fingerprint density at radius 1 is 0.179 bits per heavy atom. The van der Waals surface area contributed by atoms with Crippen LogP contribution in [0.3, 0.4) is 0 Å². The fraction of sp³-hybridized carbons (Fsp3) is 0.511. The molecule has 0 radical (unpaired) electrons. The van der Waals surface area contributed by atoms with E-state index < -0.39 is 66.5 Å². The molecule has 0 N–H and O–H groups in total. The fourth-order valence-corrected chi connectivity index (χ4v) is 19.6. The van der Waals surface area contributed by atoms with Crippen LogP contribution in [-0.4, -0.2) is 78.1 Å². The number of hydrogen-bond donors (Lipinski definition) is 0. The van der Waals surface area contributed by atoms with Crippen molar-refractivity contribution in [3.8, 4) is 90.5 Å². The van der Waals surface area contributed by atoms with Crippen molar-refractivity contribution in [1.82, 2.24) is 0 Å². The van der Waals surface area contributed by atoms with Crippen LogP contribution in [0.25, 0.3) is 66.1 Å². The van der Waals surface area contributed by atoms with E-state index >= 15 is 9.59 Å². The number of fused-ring (bicyclic) bond motifs is 4. The maximum absolute atomic E-state index is 16.0. The van der Waals surface area contributed by atoms with Gasteiger partial charge in [-0.3, -0.25) is 9.59 Å². The number of hydrogen-bond acceptors (Lipinski definition) is 10. The summed E-state index contributed by atoms with van der Waals surface area (Å²) in [5.74, 6) is 5.36. The first-order chi connectivity index (χ1) is 50.3. The molecule has 1 aliphatic carbocycles. The number of rotatable bonds is 20. The van der Waals surface area contributed by atoms with Crippen molar-refractivity contribution < 1.29 is 45.0 Å². The smallest absolute Gasteiger partial charge is 0.250 e. The van der Waals surface area contributed by atoms with Crippen LogP contribution in [-0.2, 0) is 0 Å². The molecule has 608 valence electrons. The average Bonchev–Trinajstić information content (AvgIpc) is 0.727. The second-order valence-corrected chi connectivity index (χ2v) is 82.3. The van der Waals surface area contributed by atoms with Crippen LogP contribution in [0.15, 0.2) is 121 Å². The standard InChI is InChI=1S/C94H140O10Si8/c1-87(2,3)105(25,26)97-77-45-41-61(57-81(77)101-109(33,34)91(13,14)15)69-49-65-53-73-74(54-66(65)50-70(69)62-42-46-78(98-106(27,28)88(4,5)6)82(58-62)102-110(35,36)92(16,17)18)86(96)76-56-68-52-72(64-44-48-80(100-108(31,32)90(10,11)12)84(60-64)104-112(39,40)94(22,23)24)71(51-67(68)55-75(76)85(73)95)63-43-47-79(99-107(29,30)89(7,8)9)83(59-63)103-111(37,38)93(19,20)21/h41-60H,1-40H3. The lowest BCUT2D eigenvalue weighted by Gasteiger charge is -2.40. The Balaban J connectivity index is 1.33. The summed E-state index contributed by atoms with van der Waals surface area (Å²) in [5.41, 5.74) is 8.77. The zero-order valence-corrected chi connectivity index (χ0v) is 84.6. The molecule has 0 amide bonds. The van der Waals surface area contributed by atoms with Gasteiger partial charge in [-0.15, -0.1) is 0 Å². The Morgan fingerprint density at radius 3 is 0.438 bits per heavy atom. The fourth-order valence-electron chi connectivity index (χ4n) is 11.5. The minimum atomic E-state index is -2.48. The predicted molar refractivity (Wildman–Crippen MR) is 499 cm³/mol. The number of ketones is 2. The molecule has 0 saturated carbocycles. The SMILES string of the molecule is CC(C)(C)[Si](C)(C)Oc1ccc(-c2cc3cc4c(cc3cc2-c2ccc(O[Si](C)(C)C(C)(C)C)c(O[Si](C)(C)C(C)(C)C)c2)C(=O)c2cc3cc(-c5ccc(O[Si](C)(C)C(C)(C)C)c(O[Si](C)(C)C(C)(C)C)c5)c(-c5ccc(O[Si](C)(C)C(C)(C)C)c(O[Si](C)(C)C(C)(C)C)c5)cc3cc2C4=O)cc1O[Si](C)(C)C(C)(C)C. The Kier molecular flexibility index (Phi) is 23.6. The molecule has 9 rings (SSSR count). The molecule has 0 heterocycles. The van der Waals surface area contributed by atoms with Gasteiger partial charge in [0, 0.05) is 22.3 Å². The summed E-state index contributed by atoms with van der Waals surface area (Å²) >= 11 is 0. The summed E-state index contributed by atoms with van der Waals surface area (Å²) in [6.45, 7) is 90.9. The van der Waals surface area contributed by atoms with Crippen molar-refractivity contribution in [1.29, 1.82) is 0 Å². The van der Waals surface area contributed by atoms with E-state index in [1.54, 1.807) is 0 Å². The molecule has 0 aromatic heterocycles. The van der Waals surface area contributed by atoms with E-state index in [0.717, 1.165) is 89.1 Å². The van der Waals surface area contributed by atoms with Gasteiger partial charge in [-0.05, 0) is 308 Å². The van der Waals surface area contributed by atoms with Crippen molar-refractivity contribution in [3.05, 3.63) is 144 Å². The molecule has 1 aliphatic rings. The van der Waals surface area contributed by atoms with Gasteiger partial charge in [0.15, 0.2) is 11.6 Å². The second-order valence-electron chi connectivity index (χ2n) is 44.5. The quantitative estimate of drug-likeness (QED) is 0.0685. The van der Waals surface area contributed by atoms with Gasteiger partial charge in [0.05, 0.1) is 0 Å². The van der Waals surface area contributed by atoms with Gasteiger partial charge in [0.1, 0.15) is 46.0 Å². The van der Waals surface area contributed by atoms with Crippen LogP contribution >= 0.6 is 0 Å². The van der Waals surface area contributed by atoms with Crippen molar-refractivity contribution >= 4 is 99.7 Å². The van der Waals surface area contributed by atoms with E-state index in [0.29, 0.717) is 45.3 Å². The zero-order chi connectivity index (χ0) is 84.8. The Labute approximate surface area is 685 Å². The Morgan fingerprint density at radius 2 is 0.304 bits per heavy atom. The first-order valence-electron chi connectivity index (χ1n) is 40.7. The zero-order valence-electron chi connectivity index (χ0n) is 76.6. The van der Waals surface area contributed by atoms with Crippen LogP contribution in [0.4, 0.5) is 0 Å². The van der Waals surface area contributed by atoms with Crippen molar-refractivity contribution in [3.63, 3.8) is 0 Å². The summed E-state index contributed by atoms with van der Waals surface area (Å²) in [6, 6.07) is 42.3. The summed E-state index contributed by atoms with van der Waals surface area (Å²) in [7, 11) is -19.4. The van der Waals surface area contributed by atoms with E-state index in [9.17, 15) is 0 Å². The third-order valence-electron chi connectivity index (χ3n) is 27.6. The second kappa shape index (κ2) is 29.4. The molecule has 10 nitrogen and oxygen atoms in total. The molecule has 0 spiro atoms.